The SMILES string of the molecule is CCc1ccsc1-c1n[nH]c(=O)o1. The molecule has 0 aromatic carbocycles. The number of hydrogen-bond donors (Lipinski definition) is 1. The molecule has 1 N–H and O–H groups in total. The van der Waals surface area contributed by atoms with E-state index in [2.05, 4.69) is 17.1 Å². The van der Waals surface area contributed by atoms with Gasteiger partial charge >= 0.3 is 5.76 Å². The molecule has 0 atom stereocenters. The predicted molar refractivity (Wildman–Crippen MR) is 49.8 cm³/mol. The molecule has 0 aliphatic heterocycles. The zero-order chi connectivity index (χ0) is 9.26. The topological polar surface area (TPSA) is 58.9 Å². The van der Waals surface area contributed by atoms with Gasteiger partial charge in [-0.1, -0.05) is 6.92 Å². The first kappa shape index (κ1) is 8.25. The Balaban J connectivity index is 2.51. The molecule has 2 heterocycles. The van der Waals surface area contributed by atoms with E-state index in [-0.39, 0.29) is 0 Å². The first-order valence-corrected chi connectivity index (χ1v) is 4.81. The summed E-state index contributed by atoms with van der Waals surface area (Å²) >= 11 is 1.53. The Morgan fingerprint density at radius 2 is 2.54 bits per heavy atom. The molecule has 13 heavy (non-hydrogen) atoms. The summed E-state index contributed by atoms with van der Waals surface area (Å²) in [5, 5.41) is 7.98. The molecule has 0 aliphatic rings. The molecule has 0 bridgehead atoms. The van der Waals surface area contributed by atoms with Gasteiger partial charge in [-0.15, -0.1) is 16.4 Å². The highest BCUT2D eigenvalue weighted by atomic mass is 32.1. The molecule has 0 aliphatic carbocycles. The molecular weight excluding hydrogens is 188 g/mol. The minimum absolute atomic E-state index is 0.386. The number of aryl methyl sites for hydroxylation is 1. The van der Waals surface area contributed by atoms with Crippen molar-refractivity contribution in [3.63, 3.8) is 0 Å². The number of aromatic amines is 1. The Morgan fingerprint density at radius 1 is 1.69 bits per heavy atom. The number of thiophene rings is 1. The van der Waals surface area contributed by atoms with Crippen molar-refractivity contribution in [1.29, 1.82) is 0 Å². The lowest BCUT2D eigenvalue weighted by Gasteiger charge is -1.92. The minimum Gasteiger partial charge on any atom is -0.387 e. The second kappa shape index (κ2) is 3.18. The largest absolute Gasteiger partial charge is 0.434 e. The lowest BCUT2D eigenvalue weighted by molar-refractivity contribution is 0.527. The van der Waals surface area contributed by atoms with Gasteiger partial charge < -0.3 is 4.42 Å². The number of hydrogen-bond acceptors (Lipinski definition) is 4. The number of nitrogens with one attached hydrogen (secondary N) is 1. The van der Waals surface area contributed by atoms with Crippen LogP contribution in [0.5, 0.6) is 0 Å². The van der Waals surface area contributed by atoms with Gasteiger partial charge in [0.15, 0.2) is 0 Å². The maximum absolute atomic E-state index is 10.7. The van der Waals surface area contributed by atoms with Gasteiger partial charge in [0.1, 0.15) is 0 Å². The van der Waals surface area contributed by atoms with Gasteiger partial charge in [0.05, 0.1) is 4.88 Å². The van der Waals surface area contributed by atoms with E-state index in [0.717, 1.165) is 16.9 Å². The third kappa shape index (κ3) is 1.42. The van der Waals surface area contributed by atoms with Crippen LogP contribution >= 0.6 is 11.3 Å². The molecular formula is C8H8N2O2S. The van der Waals surface area contributed by atoms with E-state index in [1.165, 1.54) is 11.3 Å². The molecule has 68 valence electrons. The monoisotopic (exact) mass is 196 g/mol. The highest BCUT2D eigenvalue weighted by molar-refractivity contribution is 7.13. The van der Waals surface area contributed by atoms with Gasteiger partial charge in [0.2, 0.25) is 0 Å². The second-order valence-electron chi connectivity index (χ2n) is 2.55. The Bertz CT molecular complexity index is 454. The first-order chi connectivity index (χ1) is 6.31. The number of aromatic nitrogens is 2. The summed E-state index contributed by atoms with van der Waals surface area (Å²) in [7, 11) is 0. The number of rotatable bonds is 2. The van der Waals surface area contributed by atoms with E-state index in [1.54, 1.807) is 0 Å². The van der Waals surface area contributed by atoms with Crippen molar-refractivity contribution in [2.75, 3.05) is 0 Å². The molecule has 2 aromatic rings. The molecule has 5 heteroatoms. The van der Waals surface area contributed by atoms with Crippen molar-refractivity contribution in [2.24, 2.45) is 0 Å². The third-order valence-corrected chi connectivity index (χ3v) is 2.70. The molecule has 0 amide bonds. The maximum atomic E-state index is 10.7. The zero-order valence-corrected chi connectivity index (χ0v) is 7.85. The van der Waals surface area contributed by atoms with Gasteiger partial charge in [-0.3, -0.25) is 0 Å². The summed E-state index contributed by atoms with van der Waals surface area (Å²) in [4.78, 5) is 11.6. The molecule has 0 fully saturated rings. The van der Waals surface area contributed by atoms with E-state index in [1.807, 2.05) is 11.4 Å². The minimum atomic E-state index is -0.509. The normalized spacial score (nSPS) is 10.5. The Morgan fingerprint density at radius 3 is 3.15 bits per heavy atom. The van der Waals surface area contributed by atoms with E-state index < -0.39 is 5.76 Å². The van der Waals surface area contributed by atoms with Gasteiger partial charge in [0, 0.05) is 0 Å². The molecule has 0 saturated heterocycles. The van der Waals surface area contributed by atoms with Gasteiger partial charge in [0.25, 0.3) is 5.89 Å². The van der Waals surface area contributed by atoms with Crippen molar-refractivity contribution < 1.29 is 4.42 Å². The number of nitrogens with zero attached hydrogens (tertiary/aromatic N) is 1. The lowest BCUT2D eigenvalue weighted by Crippen LogP contribution is -1.93. The van der Waals surface area contributed by atoms with Crippen LogP contribution in [0.3, 0.4) is 0 Å². The van der Waals surface area contributed by atoms with Gasteiger partial charge in [-0.05, 0) is 23.4 Å². The third-order valence-electron chi connectivity index (χ3n) is 1.76. The van der Waals surface area contributed by atoms with Crippen LogP contribution in [0, 0.1) is 0 Å². The molecule has 0 radical (unpaired) electrons. The molecule has 2 aromatic heterocycles. The summed E-state index contributed by atoms with van der Waals surface area (Å²) in [6, 6.07) is 2.01. The van der Waals surface area contributed by atoms with Crippen LogP contribution in [-0.4, -0.2) is 10.2 Å². The van der Waals surface area contributed by atoms with Crippen LogP contribution in [0.1, 0.15) is 12.5 Å². The zero-order valence-electron chi connectivity index (χ0n) is 7.03. The van der Waals surface area contributed by atoms with Crippen LogP contribution in [-0.2, 0) is 6.42 Å². The van der Waals surface area contributed by atoms with Crippen molar-refractivity contribution in [1.82, 2.24) is 10.2 Å². The Labute approximate surface area is 78.2 Å². The molecule has 0 saturated carbocycles. The standard InChI is InChI=1S/C8H8N2O2S/c1-2-5-3-4-13-6(5)7-9-10-8(11)12-7/h3-4H,2H2,1H3,(H,10,11). The predicted octanol–water partition coefficient (Wildman–Crippen LogP) is 1.65. The van der Waals surface area contributed by atoms with Crippen LogP contribution in [0.25, 0.3) is 10.8 Å². The molecule has 4 nitrogen and oxygen atoms in total. The highest BCUT2D eigenvalue weighted by Gasteiger charge is 2.10. The fraction of sp³-hybridized carbons (Fsp3) is 0.250. The van der Waals surface area contributed by atoms with E-state index >= 15 is 0 Å². The average molecular weight is 196 g/mol. The van der Waals surface area contributed by atoms with E-state index in [4.69, 9.17) is 4.42 Å². The van der Waals surface area contributed by atoms with Crippen molar-refractivity contribution >= 4 is 11.3 Å². The van der Waals surface area contributed by atoms with E-state index in [0.29, 0.717) is 5.89 Å². The highest BCUT2D eigenvalue weighted by Crippen LogP contribution is 2.27. The molecule has 2 rings (SSSR count). The van der Waals surface area contributed by atoms with Gasteiger partial charge in [-0.25, -0.2) is 9.89 Å². The summed E-state index contributed by atoms with van der Waals surface area (Å²) in [5.41, 5.74) is 1.15. The second-order valence-corrected chi connectivity index (χ2v) is 3.46. The first-order valence-electron chi connectivity index (χ1n) is 3.93. The van der Waals surface area contributed by atoms with Gasteiger partial charge in [-0.2, -0.15) is 0 Å². The quantitative estimate of drug-likeness (QED) is 0.794. The van der Waals surface area contributed by atoms with Crippen molar-refractivity contribution in [2.45, 2.75) is 13.3 Å². The Hall–Kier alpha value is -1.36. The lowest BCUT2D eigenvalue weighted by atomic mass is 10.2. The summed E-state index contributed by atoms with van der Waals surface area (Å²) in [6.45, 7) is 2.05. The van der Waals surface area contributed by atoms with Crippen molar-refractivity contribution in [3.8, 4) is 10.8 Å². The van der Waals surface area contributed by atoms with Crippen molar-refractivity contribution in [3.05, 3.63) is 27.6 Å². The van der Waals surface area contributed by atoms with Crippen LogP contribution < -0.4 is 5.76 Å². The van der Waals surface area contributed by atoms with Crippen LogP contribution in [0.4, 0.5) is 0 Å². The average Bonchev–Trinajstić information content (AvgIpc) is 2.71. The smallest absolute Gasteiger partial charge is 0.387 e. The fourth-order valence-electron chi connectivity index (χ4n) is 1.13. The van der Waals surface area contributed by atoms with Crippen LogP contribution in [0.15, 0.2) is 20.7 Å². The number of H-pyrrole nitrogens is 1. The van der Waals surface area contributed by atoms with E-state index in [9.17, 15) is 4.79 Å². The maximum Gasteiger partial charge on any atom is 0.434 e. The van der Waals surface area contributed by atoms with Crippen LogP contribution in [0.2, 0.25) is 0 Å². The fourth-order valence-corrected chi connectivity index (χ4v) is 2.05. The Kier molecular flexibility index (Phi) is 2.02. The molecule has 0 spiro atoms. The summed E-state index contributed by atoms with van der Waals surface area (Å²) < 4.78 is 4.86. The molecule has 0 unspecified atom stereocenters. The summed E-state index contributed by atoms with van der Waals surface area (Å²) in [6.07, 6.45) is 0.912. The summed E-state index contributed by atoms with van der Waals surface area (Å²) in [5.74, 6) is -0.123.